The predicted molar refractivity (Wildman–Crippen MR) is 107 cm³/mol. The Morgan fingerprint density at radius 3 is 1.52 bits per heavy atom. The summed E-state index contributed by atoms with van der Waals surface area (Å²) in [6.07, 6.45) is 1.68. The van der Waals surface area contributed by atoms with Crippen molar-refractivity contribution in [2.24, 2.45) is 11.8 Å². The molecule has 0 N–H and O–H groups in total. The van der Waals surface area contributed by atoms with Crippen molar-refractivity contribution in [1.29, 1.82) is 0 Å². The van der Waals surface area contributed by atoms with E-state index in [2.05, 4.69) is 81.6 Å². The molecule has 1 aliphatic rings. The quantitative estimate of drug-likeness (QED) is 0.538. The zero-order valence-electron chi connectivity index (χ0n) is 17.8. The molecular formula is C19H42O2Si2. The van der Waals surface area contributed by atoms with Crippen molar-refractivity contribution in [3.8, 4) is 0 Å². The average molecular weight is 359 g/mol. The lowest BCUT2D eigenvalue weighted by molar-refractivity contribution is 0.0386. The summed E-state index contributed by atoms with van der Waals surface area (Å²) in [4.78, 5) is 0. The minimum Gasteiger partial charge on any atom is -0.411 e. The summed E-state index contributed by atoms with van der Waals surface area (Å²) >= 11 is 0. The van der Waals surface area contributed by atoms with Gasteiger partial charge in [0.15, 0.2) is 16.6 Å². The molecule has 138 valence electrons. The highest BCUT2D eigenvalue weighted by Crippen LogP contribution is 2.46. The first-order chi connectivity index (χ1) is 9.99. The molecule has 0 saturated heterocycles. The van der Waals surface area contributed by atoms with Crippen LogP contribution in [0, 0.1) is 11.8 Å². The van der Waals surface area contributed by atoms with Gasteiger partial charge in [-0.1, -0.05) is 55.4 Å². The first-order valence-electron chi connectivity index (χ1n) is 9.35. The lowest BCUT2D eigenvalue weighted by Gasteiger charge is -2.44. The highest BCUT2D eigenvalue weighted by atomic mass is 28.4. The normalized spacial score (nSPS) is 30.8. The maximum Gasteiger partial charge on any atom is 0.192 e. The molecule has 2 nitrogen and oxygen atoms in total. The predicted octanol–water partition coefficient (Wildman–Crippen LogP) is 6.44. The van der Waals surface area contributed by atoms with E-state index >= 15 is 0 Å². The van der Waals surface area contributed by atoms with Gasteiger partial charge in [-0.2, -0.15) is 0 Å². The Balaban J connectivity index is 2.99. The third-order valence-electron chi connectivity index (χ3n) is 6.88. The molecule has 0 heterocycles. The molecule has 1 fully saturated rings. The Labute approximate surface area is 148 Å². The van der Waals surface area contributed by atoms with Gasteiger partial charge in [0.2, 0.25) is 0 Å². The lowest BCUT2D eigenvalue weighted by Crippen LogP contribution is -2.51. The Morgan fingerprint density at radius 2 is 1.13 bits per heavy atom. The lowest BCUT2D eigenvalue weighted by atomic mass is 9.99. The molecule has 0 aromatic rings. The molecule has 1 aliphatic carbocycles. The van der Waals surface area contributed by atoms with Crippen molar-refractivity contribution in [3.05, 3.63) is 0 Å². The molecular weight excluding hydrogens is 316 g/mol. The second kappa shape index (κ2) is 6.58. The highest BCUT2D eigenvalue weighted by Gasteiger charge is 2.49. The SMILES string of the molecule is CC1CC(O[Si](C)(C)C(C)(C)C)C(O[Si](C)(C)C(C)(C)C)C1C. The van der Waals surface area contributed by atoms with Gasteiger partial charge in [0.05, 0.1) is 12.2 Å². The monoisotopic (exact) mass is 358 g/mol. The van der Waals surface area contributed by atoms with Gasteiger partial charge in [0, 0.05) is 0 Å². The van der Waals surface area contributed by atoms with Crippen molar-refractivity contribution in [2.45, 2.75) is 110 Å². The Hall–Kier alpha value is 0.354. The maximum absolute atomic E-state index is 6.85. The van der Waals surface area contributed by atoms with Crippen LogP contribution < -0.4 is 0 Å². The van der Waals surface area contributed by atoms with Crippen LogP contribution >= 0.6 is 0 Å². The van der Waals surface area contributed by atoms with Crippen LogP contribution in [0.4, 0.5) is 0 Å². The fourth-order valence-electron chi connectivity index (χ4n) is 2.75. The van der Waals surface area contributed by atoms with Crippen LogP contribution in [0.3, 0.4) is 0 Å². The van der Waals surface area contributed by atoms with Crippen molar-refractivity contribution >= 4 is 16.6 Å². The first-order valence-corrected chi connectivity index (χ1v) is 15.2. The van der Waals surface area contributed by atoms with Crippen molar-refractivity contribution in [3.63, 3.8) is 0 Å². The highest BCUT2D eigenvalue weighted by molar-refractivity contribution is 6.74. The van der Waals surface area contributed by atoms with Crippen molar-refractivity contribution in [2.75, 3.05) is 0 Å². The van der Waals surface area contributed by atoms with Crippen LogP contribution in [0.15, 0.2) is 0 Å². The van der Waals surface area contributed by atoms with E-state index < -0.39 is 16.6 Å². The van der Waals surface area contributed by atoms with Gasteiger partial charge in [0.25, 0.3) is 0 Å². The van der Waals surface area contributed by atoms with Crippen LogP contribution in [0.25, 0.3) is 0 Å². The van der Waals surface area contributed by atoms with Gasteiger partial charge in [-0.3, -0.25) is 0 Å². The molecule has 1 saturated carbocycles. The van der Waals surface area contributed by atoms with Crippen LogP contribution in [0.5, 0.6) is 0 Å². The van der Waals surface area contributed by atoms with Crippen molar-refractivity contribution < 1.29 is 8.85 Å². The second-order valence-electron chi connectivity index (χ2n) is 10.8. The van der Waals surface area contributed by atoms with E-state index in [1.165, 1.54) is 0 Å². The van der Waals surface area contributed by atoms with Crippen LogP contribution in [0.2, 0.25) is 36.3 Å². The molecule has 0 aromatic carbocycles. The topological polar surface area (TPSA) is 18.5 Å². The molecule has 0 aromatic heterocycles. The van der Waals surface area contributed by atoms with Gasteiger partial charge >= 0.3 is 0 Å². The maximum atomic E-state index is 6.85. The molecule has 0 spiro atoms. The summed E-state index contributed by atoms with van der Waals surface area (Å²) in [6, 6.07) is 0. The first kappa shape index (κ1) is 21.4. The molecule has 23 heavy (non-hydrogen) atoms. The summed E-state index contributed by atoms with van der Waals surface area (Å²) in [7, 11) is -3.53. The molecule has 0 radical (unpaired) electrons. The Morgan fingerprint density at radius 1 is 0.739 bits per heavy atom. The minimum absolute atomic E-state index is 0.250. The van der Waals surface area contributed by atoms with E-state index in [0.29, 0.717) is 11.8 Å². The molecule has 1 rings (SSSR count). The third kappa shape index (κ3) is 4.71. The fraction of sp³-hybridized carbons (Fsp3) is 1.00. The summed E-state index contributed by atoms with van der Waals surface area (Å²) < 4.78 is 13.7. The summed E-state index contributed by atoms with van der Waals surface area (Å²) in [5.74, 6) is 1.26. The van der Waals surface area contributed by atoms with E-state index in [0.717, 1.165) is 6.42 Å². The van der Waals surface area contributed by atoms with Gasteiger partial charge in [-0.15, -0.1) is 0 Å². The smallest absolute Gasteiger partial charge is 0.192 e. The largest absolute Gasteiger partial charge is 0.411 e. The van der Waals surface area contributed by atoms with Crippen LogP contribution in [-0.2, 0) is 8.85 Å². The zero-order chi connectivity index (χ0) is 18.4. The van der Waals surface area contributed by atoms with Crippen LogP contribution in [0.1, 0.15) is 61.8 Å². The number of hydrogen-bond acceptors (Lipinski definition) is 2. The van der Waals surface area contributed by atoms with E-state index in [9.17, 15) is 0 Å². The van der Waals surface area contributed by atoms with E-state index in [1.54, 1.807) is 0 Å². The zero-order valence-corrected chi connectivity index (χ0v) is 19.8. The number of rotatable bonds is 4. The van der Waals surface area contributed by atoms with Gasteiger partial charge in [0.1, 0.15) is 0 Å². The van der Waals surface area contributed by atoms with Gasteiger partial charge < -0.3 is 8.85 Å². The molecule has 0 amide bonds. The van der Waals surface area contributed by atoms with Gasteiger partial charge in [-0.05, 0) is 54.5 Å². The molecule has 4 unspecified atom stereocenters. The summed E-state index contributed by atoms with van der Waals surface area (Å²) in [5.41, 5.74) is 0. The average Bonchev–Trinajstić information content (AvgIpc) is 2.53. The number of hydrogen-bond donors (Lipinski definition) is 0. The minimum atomic E-state index is -1.77. The van der Waals surface area contributed by atoms with Crippen LogP contribution in [-0.4, -0.2) is 28.8 Å². The Bertz CT molecular complexity index is 405. The molecule has 0 aliphatic heterocycles. The van der Waals surface area contributed by atoms with E-state index in [-0.39, 0.29) is 22.3 Å². The van der Waals surface area contributed by atoms with E-state index in [4.69, 9.17) is 8.85 Å². The van der Waals surface area contributed by atoms with Crippen molar-refractivity contribution in [1.82, 2.24) is 0 Å². The summed E-state index contributed by atoms with van der Waals surface area (Å²) in [5, 5.41) is 0.504. The molecule has 0 bridgehead atoms. The third-order valence-corrected chi connectivity index (χ3v) is 15.9. The Kier molecular flexibility index (Phi) is 6.12. The summed E-state index contributed by atoms with van der Waals surface area (Å²) in [6.45, 7) is 28.1. The molecule has 4 heteroatoms. The molecule has 4 atom stereocenters. The van der Waals surface area contributed by atoms with E-state index in [1.807, 2.05) is 0 Å². The second-order valence-corrected chi connectivity index (χ2v) is 20.3. The fourth-order valence-corrected chi connectivity index (χ4v) is 5.49. The van der Waals surface area contributed by atoms with Gasteiger partial charge in [-0.25, -0.2) is 0 Å². The standard InChI is InChI=1S/C19H42O2Si2/c1-14-13-16(20-22(9,10)18(3,4)5)17(15(14)2)21-23(11,12)19(6,7)8/h14-17H,13H2,1-12H3.